The number of Topliss-reactive ketones (excluding diaryl/α,β-unsaturated/α-hetero) is 2. The van der Waals surface area contributed by atoms with Crippen molar-refractivity contribution in [2.75, 3.05) is 0 Å². The SMILES string of the molecule is C[C@H]1C(=O)O[C@@H]2[C@H]1O[C@@]1(C)C(=O)[C@@]3(C)CC[C@]45C[C@]67OC(=O)C[C@H]6OC(C)(C)[C@@H]7C[C@H](O)[C@H]4C(=O)[C@@](O)(O5)[C@H]3[C@@]21O. The Kier molecular flexibility index (Phi) is 4.58. The Morgan fingerprint density at radius 1 is 0.976 bits per heavy atom. The molecule has 0 aromatic carbocycles. The predicted molar refractivity (Wildman–Crippen MR) is 131 cm³/mol. The van der Waals surface area contributed by atoms with E-state index in [0.717, 1.165) is 0 Å². The molecule has 0 aromatic heterocycles. The molecule has 8 aliphatic rings. The normalized spacial score (nSPS) is 61.3. The first kappa shape index (κ1) is 26.7. The summed E-state index contributed by atoms with van der Waals surface area (Å²) in [5.74, 6) is -9.18. The van der Waals surface area contributed by atoms with Gasteiger partial charge in [-0.15, -0.1) is 0 Å². The van der Waals surface area contributed by atoms with E-state index in [9.17, 15) is 34.5 Å². The Balaban J connectivity index is 1.30. The van der Waals surface area contributed by atoms with Gasteiger partial charge in [-0.2, -0.15) is 0 Å². The molecule has 2 aliphatic carbocycles. The second-order valence-corrected chi connectivity index (χ2v) is 14.8. The maximum atomic E-state index is 14.5. The van der Waals surface area contributed by atoms with Crippen molar-refractivity contribution in [2.24, 2.45) is 29.1 Å². The minimum atomic E-state index is -2.73. The van der Waals surface area contributed by atoms with Crippen LogP contribution < -0.4 is 0 Å². The maximum Gasteiger partial charge on any atom is 0.311 e. The molecule has 14 atom stereocenters. The molecule has 0 unspecified atom stereocenters. The molecule has 8 fully saturated rings. The van der Waals surface area contributed by atoms with Gasteiger partial charge in [-0.05, 0) is 47.0 Å². The third-order valence-corrected chi connectivity index (χ3v) is 12.5. The van der Waals surface area contributed by atoms with Crippen molar-refractivity contribution in [3.8, 4) is 0 Å². The van der Waals surface area contributed by atoms with Crippen LogP contribution in [0.1, 0.15) is 66.7 Å². The molecular formula is C29H36O12. The molecule has 2 spiro atoms. The average molecular weight is 577 g/mol. The highest BCUT2D eigenvalue weighted by Crippen LogP contribution is 2.72. The molecule has 0 radical (unpaired) electrons. The van der Waals surface area contributed by atoms with Gasteiger partial charge in [0.15, 0.2) is 17.5 Å². The van der Waals surface area contributed by atoms with Gasteiger partial charge in [-0.1, -0.05) is 6.92 Å². The Morgan fingerprint density at radius 2 is 1.68 bits per heavy atom. The number of ketones is 2. The van der Waals surface area contributed by atoms with E-state index in [2.05, 4.69) is 0 Å². The fraction of sp³-hybridized carbons (Fsp3) is 0.862. The fourth-order valence-corrected chi connectivity index (χ4v) is 10.9. The van der Waals surface area contributed by atoms with Crippen LogP contribution in [-0.2, 0) is 42.9 Å². The van der Waals surface area contributed by atoms with Crippen LogP contribution in [0.25, 0.3) is 0 Å². The first-order valence-corrected chi connectivity index (χ1v) is 14.6. The lowest BCUT2D eigenvalue weighted by Crippen LogP contribution is -2.65. The van der Waals surface area contributed by atoms with Gasteiger partial charge in [0, 0.05) is 17.8 Å². The molecule has 6 saturated heterocycles. The monoisotopic (exact) mass is 576 g/mol. The van der Waals surface area contributed by atoms with Crippen LogP contribution >= 0.6 is 0 Å². The number of aliphatic hydroxyl groups excluding tert-OH is 1. The van der Waals surface area contributed by atoms with Gasteiger partial charge in [0.05, 0.1) is 41.5 Å². The summed E-state index contributed by atoms with van der Waals surface area (Å²) in [5, 5.41) is 36.7. The quantitative estimate of drug-likeness (QED) is 0.322. The zero-order chi connectivity index (χ0) is 29.5. The molecule has 12 nitrogen and oxygen atoms in total. The van der Waals surface area contributed by atoms with Gasteiger partial charge in [0.25, 0.3) is 0 Å². The minimum absolute atomic E-state index is 0.00980. The summed E-state index contributed by atoms with van der Waals surface area (Å²) >= 11 is 0. The predicted octanol–water partition coefficient (Wildman–Crippen LogP) is -0.288. The summed E-state index contributed by atoms with van der Waals surface area (Å²) in [4.78, 5) is 54.0. The summed E-state index contributed by atoms with van der Waals surface area (Å²) < 4.78 is 30.6. The second kappa shape index (κ2) is 7.05. The van der Waals surface area contributed by atoms with E-state index in [4.69, 9.17) is 23.7 Å². The largest absolute Gasteiger partial charge is 0.456 e. The zero-order valence-corrected chi connectivity index (χ0v) is 23.7. The molecule has 3 N–H and O–H groups in total. The van der Waals surface area contributed by atoms with Crippen molar-refractivity contribution in [3.63, 3.8) is 0 Å². The number of ether oxygens (including phenoxy) is 5. The smallest absolute Gasteiger partial charge is 0.311 e. The molecule has 8 rings (SSSR count). The highest BCUT2D eigenvalue weighted by atomic mass is 16.7. The van der Waals surface area contributed by atoms with Crippen LogP contribution in [0.15, 0.2) is 0 Å². The van der Waals surface area contributed by atoms with Crippen molar-refractivity contribution < 1.29 is 58.2 Å². The van der Waals surface area contributed by atoms with E-state index < -0.39 is 111 Å². The molecule has 224 valence electrons. The summed E-state index contributed by atoms with van der Waals surface area (Å²) in [5.41, 5.74) is -9.21. The topological polar surface area (TPSA) is 175 Å². The Labute approximate surface area is 236 Å². The Morgan fingerprint density at radius 3 is 2.39 bits per heavy atom. The molecule has 0 aromatic rings. The van der Waals surface area contributed by atoms with Gasteiger partial charge in [0.2, 0.25) is 11.6 Å². The molecule has 2 saturated carbocycles. The standard InChI is InChI=1S/C29H36O12/c1-11-17-19(37-20(11)33)28(35)21-24(4,22(34)25(28,5)40-17)6-7-26-10-27-13(23(2,3)38-14(27)9-15(31)39-27)8-12(30)16(26)18(32)29(21,36)41-26/h11-14,16-17,19,21,30,35-36H,6-10H2,1-5H3/t11-,12+,13+,14-,16+,17+,19-,21-,24+,25+,26+,27-,28+,29-/m1/s1. The van der Waals surface area contributed by atoms with Crippen LogP contribution in [0.3, 0.4) is 0 Å². The van der Waals surface area contributed by atoms with E-state index in [-0.39, 0.29) is 32.1 Å². The molecule has 6 heterocycles. The second-order valence-electron chi connectivity index (χ2n) is 14.8. The maximum absolute atomic E-state index is 14.5. The third-order valence-electron chi connectivity index (χ3n) is 12.5. The lowest BCUT2D eigenvalue weighted by atomic mass is 9.60. The molecule has 12 heteroatoms. The Hall–Kier alpha value is -1.96. The van der Waals surface area contributed by atoms with Crippen LogP contribution in [-0.4, -0.2) is 97.0 Å². The van der Waals surface area contributed by atoms with E-state index in [1.165, 1.54) is 6.92 Å². The lowest BCUT2D eigenvalue weighted by molar-refractivity contribution is -0.289. The number of hydrogen-bond acceptors (Lipinski definition) is 12. The summed E-state index contributed by atoms with van der Waals surface area (Å²) in [6.45, 7) is 8.31. The van der Waals surface area contributed by atoms with Gasteiger partial charge in [-0.25, -0.2) is 0 Å². The van der Waals surface area contributed by atoms with E-state index in [1.54, 1.807) is 13.8 Å². The summed E-state index contributed by atoms with van der Waals surface area (Å²) in [7, 11) is 0. The van der Waals surface area contributed by atoms with Crippen molar-refractivity contribution in [1.29, 1.82) is 0 Å². The van der Waals surface area contributed by atoms with Gasteiger partial charge in [0.1, 0.15) is 23.4 Å². The first-order valence-electron chi connectivity index (χ1n) is 14.6. The summed E-state index contributed by atoms with van der Waals surface area (Å²) in [6, 6.07) is 0. The van der Waals surface area contributed by atoms with E-state index in [1.807, 2.05) is 13.8 Å². The fourth-order valence-electron chi connectivity index (χ4n) is 10.9. The van der Waals surface area contributed by atoms with Crippen LogP contribution in [0, 0.1) is 29.1 Å². The number of rotatable bonds is 0. The zero-order valence-electron chi connectivity index (χ0n) is 23.7. The number of fused-ring (bicyclic) bond motifs is 7. The van der Waals surface area contributed by atoms with Crippen molar-refractivity contribution in [2.45, 2.75) is 125 Å². The van der Waals surface area contributed by atoms with Gasteiger partial charge in [-0.3, -0.25) is 19.2 Å². The number of carbonyl (C=O) groups is 4. The summed E-state index contributed by atoms with van der Waals surface area (Å²) in [6.07, 6.45) is -4.05. The van der Waals surface area contributed by atoms with Gasteiger partial charge < -0.3 is 39.0 Å². The Bertz CT molecular complexity index is 1340. The minimum Gasteiger partial charge on any atom is -0.456 e. The third kappa shape index (κ3) is 2.56. The molecule has 0 amide bonds. The highest BCUT2D eigenvalue weighted by Gasteiger charge is 2.90. The van der Waals surface area contributed by atoms with Crippen LogP contribution in [0.5, 0.6) is 0 Å². The van der Waals surface area contributed by atoms with Crippen molar-refractivity contribution in [1.82, 2.24) is 0 Å². The number of carbonyl (C=O) groups excluding carboxylic acids is 4. The van der Waals surface area contributed by atoms with Crippen LogP contribution in [0.2, 0.25) is 0 Å². The average Bonchev–Trinajstić information content (AvgIpc) is 3.50. The first-order chi connectivity index (χ1) is 18.9. The lowest BCUT2D eigenvalue weighted by Gasteiger charge is -2.44. The number of esters is 2. The number of aliphatic hydroxyl groups is 3. The van der Waals surface area contributed by atoms with Crippen molar-refractivity contribution >= 4 is 23.5 Å². The van der Waals surface area contributed by atoms with Crippen LogP contribution in [0.4, 0.5) is 0 Å². The number of hydrogen-bond donors (Lipinski definition) is 3. The molecule has 2 bridgehead atoms. The molecule has 41 heavy (non-hydrogen) atoms. The van der Waals surface area contributed by atoms with E-state index >= 15 is 0 Å². The molecule has 6 aliphatic heterocycles. The van der Waals surface area contributed by atoms with E-state index in [0.29, 0.717) is 0 Å². The molecular weight excluding hydrogens is 540 g/mol. The highest BCUT2D eigenvalue weighted by molar-refractivity contribution is 6.02. The van der Waals surface area contributed by atoms with Crippen molar-refractivity contribution in [3.05, 3.63) is 0 Å². The van der Waals surface area contributed by atoms with Gasteiger partial charge >= 0.3 is 11.9 Å².